The molecule has 1 aliphatic rings. The van der Waals surface area contributed by atoms with Gasteiger partial charge >= 0.3 is 0 Å². The fourth-order valence-corrected chi connectivity index (χ4v) is 5.72. The van der Waals surface area contributed by atoms with E-state index in [4.69, 9.17) is 23.2 Å². The van der Waals surface area contributed by atoms with Crippen LogP contribution in [0.25, 0.3) is 10.9 Å². The maximum absolute atomic E-state index is 13.8. The lowest BCUT2D eigenvalue weighted by Crippen LogP contribution is -2.48. The minimum Gasteiger partial charge on any atom is -0.373 e. The molecule has 0 spiro atoms. The summed E-state index contributed by atoms with van der Waals surface area (Å²) in [6.45, 7) is 6.20. The van der Waals surface area contributed by atoms with Gasteiger partial charge in [-0.25, -0.2) is 4.39 Å². The Morgan fingerprint density at radius 2 is 1.86 bits per heavy atom. The highest BCUT2D eigenvalue weighted by Crippen LogP contribution is 2.37. The van der Waals surface area contributed by atoms with Crippen LogP contribution in [0.5, 0.6) is 0 Å². The van der Waals surface area contributed by atoms with Crippen molar-refractivity contribution in [3.63, 3.8) is 0 Å². The van der Waals surface area contributed by atoms with Crippen molar-refractivity contribution >= 4 is 51.2 Å². The quantitative estimate of drug-likeness (QED) is 0.187. The predicted molar refractivity (Wildman–Crippen MR) is 164 cm³/mol. The summed E-state index contributed by atoms with van der Waals surface area (Å²) in [7, 11) is 0. The smallest absolute Gasteiger partial charge is 0.141 e. The lowest BCUT2D eigenvalue weighted by molar-refractivity contribution is 0.0912. The molecule has 8 nitrogen and oxygen atoms in total. The second-order valence-electron chi connectivity index (χ2n) is 10.3. The number of fused-ring (bicyclic) bond motifs is 1. The highest BCUT2D eigenvalue weighted by atomic mass is 35.5. The van der Waals surface area contributed by atoms with Crippen LogP contribution in [-0.2, 0) is 6.54 Å². The van der Waals surface area contributed by atoms with Crippen molar-refractivity contribution in [3.05, 3.63) is 106 Å². The minimum absolute atomic E-state index is 0.0315. The van der Waals surface area contributed by atoms with Crippen molar-refractivity contribution < 1.29 is 4.39 Å². The Hall–Kier alpha value is -4.23. The second-order valence-corrected chi connectivity index (χ2v) is 11.2. The molecule has 3 heterocycles. The maximum Gasteiger partial charge on any atom is 0.141 e. The van der Waals surface area contributed by atoms with E-state index in [2.05, 4.69) is 43.8 Å². The van der Waals surface area contributed by atoms with Gasteiger partial charge in [-0.2, -0.15) is 5.26 Å². The highest BCUT2D eigenvalue weighted by Gasteiger charge is 2.26. The molecule has 5 aromatic rings. The van der Waals surface area contributed by atoms with E-state index >= 15 is 0 Å². The van der Waals surface area contributed by atoms with Crippen LogP contribution in [0.15, 0.2) is 73.1 Å². The molecular weight excluding hydrogens is 574 g/mol. The van der Waals surface area contributed by atoms with E-state index in [1.165, 1.54) is 18.3 Å². The predicted octanol–water partition coefficient (Wildman–Crippen LogP) is 7.04. The number of anilines is 3. The number of hydrogen-bond donors (Lipinski definition) is 2. The molecule has 0 aliphatic carbocycles. The van der Waals surface area contributed by atoms with Crippen molar-refractivity contribution in [1.29, 1.82) is 5.26 Å². The molecule has 2 N–H and O–H groups in total. The van der Waals surface area contributed by atoms with Crippen LogP contribution < -0.4 is 10.6 Å². The molecule has 6 rings (SSSR count). The number of likely N-dealkylation sites (tertiary alicyclic amines) is 1. The fourth-order valence-electron chi connectivity index (χ4n) is 5.27. The van der Waals surface area contributed by atoms with Gasteiger partial charge in [-0.05, 0) is 42.4 Å². The van der Waals surface area contributed by atoms with Gasteiger partial charge < -0.3 is 15.5 Å². The van der Waals surface area contributed by atoms with E-state index in [1.54, 1.807) is 12.1 Å². The summed E-state index contributed by atoms with van der Waals surface area (Å²) < 4.78 is 15.7. The molecule has 42 heavy (non-hydrogen) atoms. The first kappa shape index (κ1) is 27.9. The van der Waals surface area contributed by atoms with Crippen molar-refractivity contribution in [2.45, 2.75) is 19.5 Å². The van der Waals surface area contributed by atoms with Crippen LogP contribution in [0.2, 0.25) is 10.0 Å². The molecule has 1 saturated heterocycles. The van der Waals surface area contributed by atoms with E-state index < -0.39 is 5.82 Å². The van der Waals surface area contributed by atoms with Crippen LogP contribution >= 0.6 is 23.2 Å². The van der Waals surface area contributed by atoms with Gasteiger partial charge in [0.05, 0.1) is 39.1 Å². The van der Waals surface area contributed by atoms with Crippen LogP contribution in [0.3, 0.4) is 0 Å². The average molecular weight is 602 g/mol. The fraction of sp³-hybridized carbons (Fsp3) is 0.226. The van der Waals surface area contributed by atoms with Crippen molar-refractivity contribution in [1.82, 2.24) is 24.9 Å². The van der Waals surface area contributed by atoms with E-state index in [9.17, 15) is 9.65 Å². The second kappa shape index (κ2) is 11.9. The maximum atomic E-state index is 13.8. The molecule has 0 radical (unpaired) electrons. The van der Waals surface area contributed by atoms with Gasteiger partial charge in [-0.15, -0.1) is 5.10 Å². The van der Waals surface area contributed by atoms with Crippen molar-refractivity contribution in [2.75, 3.05) is 30.3 Å². The average Bonchev–Trinajstić information content (AvgIpc) is 3.44. The molecule has 0 unspecified atom stereocenters. The Morgan fingerprint density at radius 1 is 1.07 bits per heavy atom. The Morgan fingerprint density at radius 3 is 2.60 bits per heavy atom. The number of pyridine rings is 1. The zero-order chi connectivity index (χ0) is 29.2. The number of nitrogens with zero attached hydrogens (tertiary/aromatic N) is 6. The third kappa shape index (κ3) is 5.74. The normalized spacial score (nSPS) is 14.4. The van der Waals surface area contributed by atoms with Gasteiger partial charge in [-0.1, -0.05) is 65.7 Å². The number of benzene rings is 3. The van der Waals surface area contributed by atoms with E-state index in [1.807, 2.05) is 47.3 Å². The minimum atomic E-state index is -0.531. The number of rotatable bonds is 9. The zero-order valence-corrected chi connectivity index (χ0v) is 24.2. The number of nitriles is 1. The first-order valence-corrected chi connectivity index (χ1v) is 14.4. The summed E-state index contributed by atoms with van der Waals surface area (Å²) in [6, 6.07) is 19.8. The third-order valence-electron chi connectivity index (χ3n) is 7.46. The van der Waals surface area contributed by atoms with Crippen LogP contribution in [-0.4, -0.2) is 44.5 Å². The molecule has 1 aliphatic heterocycles. The third-order valence-corrected chi connectivity index (χ3v) is 8.03. The van der Waals surface area contributed by atoms with Gasteiger partial charge in [-0.3, -0.25) is 9.67 Å². The van der Waals surface area contributed by atoms with Gasteiger partial charge in [0.15, 0.2) is 0 Å². The van der Waals surface area contributed by atoms with Gasteiger partial charge in [0.25, 0.3) is 0 Å². The molecule has 212 valence electrons. The zero-order valence-electron chi connectivity index (χ0n) is 22.7. The first-order chi connectivity index (χ1) is 20.4. The Balaban J connectivity index is 1.36. The number of aromatic nitrogens is 4. The summed E-state index contributed by atoms with van der Waals surface area (Å²) in [5.41, 5.74) is 4.30. The molecular formula is C31H27Cl2FN8. The molecule has 11 heteroatoms. The summed E-state index contributed by atoms with van der Waals surface area (Å²) in [5.74, 6) is 0.0296. The number of halogens is 3. The Kier molecular flexibility index (Phi) is 7.94. The summed E-state index contributed by atoms with van der Waals surface area (Å²) in [4.78, 5) is 6.84. The molecule has 1 fully saturated rings. The SMILES string of the molecule is CCN1CC(Cn2cc([C@@H](Nc3cc(Cl)c4ncc(C#N)c(Nc5ccc(F)c(Cl)c5)c4c3)c3ccccc3)nn2)C1. The van der Waals surface area contributed by atoms with Crippen molar-refractivity contribution in [2.24, 2.45) is 5.92 Å². The van der Waals surface area contributed by atoms with Gasteiger partial charge in [0.1, 0.15) is 17.6 Å². The summed E-state index contributed by atoms with van der Waals surface area (Å²) in [6.07, 6.45) is 3.45. The van der Waals surface area contributed by atoms with Crippen LogP contribution in [0, 0.1) is 23.1 Å². The van der Waals surface area contributed by atoms with E-state index in [0.717, 1.165) is 37.4 Å². The summed E-state index contributed by atoms with van der Waals surface area (Å²) in [5, 5.41) is 26.6. The highest BCUT2D eigenvalue weighted by molar-refractivity contribution is 6.36. The Bertz CT molecular complexity index is 1780. The molecule has 2 aromatic heterocycles. The number of nitrogens with one attached hydrogen (secondary N) is 2. The first-order valence-electron chi connectivity index (χ1n) is 13.6. The Labute approximate surface area is 252 Å². The topological polar surface area (TPSA) is 94.7 Å². The monoisotopic (exact) mass is 600 g/mol. The standard InChI is InChI=1S/C31H27Cl2FN8/c1-2-41-15-19(16-41)17-42-18-28(39-40-42)30(20-6-4-3-5-7-20)38-23-10-24-29(37-22-8-9-27(34)25(32)11-22)21(13-35)14-36-31(24)26(33)12-23/h3-12,14,18-19,30,38H,2,15-17H2,1H3,(H,36,37)/t30-/m0/s1. The molecule has 0 amide bonds. The van der Waals surface area contributed by atoms with Crippen LogP contribution in [0.1, 0.15) is 29.8 Å². The van der Waals surface area contributed by atoms with E-state index in [-0.39, 0.29) is 11.1 Å². The largest absolute Gasteiger partial charge is 0.373 e. The molecule has 3 aromatic carbocycles. The summed E-state index contributed by atoms with van der Waals surface area (Å²) >= 11 is 12.8. The van der Waals surface area contributed by atoms with E-state index in [0.29, 0.717) is 44.5 Å². The lowest BCUT2D eigenvalue weighted by atomic mass is 10.0. The lowest BCUT2D eigenvalue weighted by Gasteiger charge is -2.38. The molecule has 0 saturated carbocycles. The molecule has 0 bridgehead atoms. The van der Waals surface area contributed by atoms with Crippen LogP contribution in [0.4, 0.5) is 21.5 Å². The van der Waals surface area contributed by atoms with Crippen molar-refractivity contribution in [3.8, 4) is 6.07 Å². The number of hydrogen-bond acceptors (Lipinski definition) is 7. The van der Waals surface area contributed by atoms with Gasteiger partial charge in [0.2, 0.25) is 0 Å². The molecule has 1 atom stereocenters. The van der Waals surface area contributed by atoms with Gasteiger partial charge in [0, 0.05) is 48.5 Å².